The molecule has 0 saturated carbocycles. The van der Waals surface area contributed by atoms with Gasteiger partial charge in [0.05, 0.1) is 17.5 Å². The second-order valence-corrected chi connectivity index (χ2v) is 7.02. The number of hydrogen-bond acceptors (Lipinski definition) is 5. The minimum Gasteiger partial charge on any atom is -0.393 e. The number of anilines is 1. The molecule has 0 aliphatic heterocycles. The number of carbonyl (C=O) groups is 1. The molecule has 0 aliphatic carbocycles. The van der Waals surface area contributed by atoms with Gasteiger partial charge in [0.25, 0.3) is 5.91 Å². The van der Waals surface area contributed by atoms with Gasteiger partial charge in [-0.1, -0.05) is 54.2 Å². The maximum absolute atomic E-state index is 12.6. The van der Waals surface area contributed by atoms with Gasteiger partial charge in [-0.2, -0.15) is 5.10 Å². The maximum atomic E-state index is 12.6. The van der Waals surface area contributed by atoms with Crippen LogP contribution in [0, 0.1) is 0 Å². The number of hydrazone groups is 1. The molecule has 0 heterocycles. The molecule has 0 fully saturated rings. The largest absolute Gasteiger partial charge is 0.393 e. The van der Waals surface area contributed by atoms with E-state index in [4.69, 9.17) is 4.84 Å². The zero-order chi connectivity index (χ0) is 21.4. The number of benzene rings is 2. The van der Waals surface area contributed by atoms with Gasteiger partial charge in [0.1, 0.15) is 6.10 Å². The minimum atomic E-state index is -0.282. The van der Waals surface area contributed by atoms with Gasteiger partial charge < -0.3 is 15.2 Å². The quantitative estimate of drug-likeness (QED) is 0.407. The van der Waals surface area contributed by atoms with Crippen LogP contribution in [0.4, 0.5) is 5.69 Å². The summed E-state index contributed by atoms with van der Waals surface area (Å²) in [6, 6.07) is 15.5. The molecule has 2 rings (SSSR count). The Labute approximate surface area is 172 Å². The van der Waals surface area contributed by atoms with E-state index in [9.17, 15) is 4.79 Å². The first kappa shape index (κ1) is 21.9. The van der Waals surface area contributed by atoms with Crippen LogP contribution in [-0.4, -0.2) is 43.0 Å². The highest BCUT2D eigenvalue weighted by atomic mass is 16.6. The van der Waals surface area contributed by atoms with Crippen LogP contribution in [0.15, 0.2) is 70.9 Å². The number of oxime groups is 1. The molecule has 0 unspecified atom stereocenters. The van der Waals surface area contributed by atoms with Crippen molar-refractivity contribution in [2.45, 2.75) is 26.9 Å². The average Bonchev–Trinajstić information content (AvgIpc) is 2.67. The fourth-order valence-corrected chi connectivity index (χ4v) is 2.53. The van der Waals surface area contributed by atoms with E-state index in [2.05, 4.69) is 22.2 Å². The van der Waals surface area contributed by atoms with E-state index in [1.54, 1.807) is 32.2 Å². The molecular formula is C23H28N4O2. The fourth-order valence-electron chi connectivity index (χ4n) is 2.53. The van der Waals surface area contributed by atoms with Gasteiger partial charge in [0, 0.05) is 25.3 Å². The lowest BCUT2D eigenvalue weighted by molar-refractivity contribution is -0.112. The van der Waals surface area contributed by atoms with Crippen LogP contribution in [-0.2, 0) is 9.63 Å². The third kappa shape index (κ3) is 6.60. The Balaban J connectivity index is 2.19. The lowest BCUT2D eigenvalue weighted by Crippen LogP contribution is -2.20. The van der Waals surface area contributed by atoms with E-state index in [1.807, 2.05) is 62.4 Å². The van der Waals surface area contributed by atoms with Crippen molar-refractivity contribution in [2.24, 2.45) is 10.3 Å². The molecule has 0 saturated heterocycles. The number of amides is 1. The average molecular weight is 393 g/mol. The molecule has 2 aromatic carbocycles. The van der Waals surface area contributed by atoms with Crippen LogP contribution < -0.4 is 5.32 Å². The molecular weight excluding hydrogens is 364 g/mol. The third-order valence-corrected chi connectivity index (χ3v) is 3.93. The Morgan fingerprint density at radius 1 is 1.14 bits per heavy atom. The Morgan fingerprint density at radius 3 is 2.41 bits per heavy atom. The van der Waals surface area contributed by atoms with E-state index in [-0.39, 0.29) is 12.0 Å². The highest BCUT2D eigenvalue weighted by Crippen LogP contribution is 2.28. The molecule has 6 heteroatoms. The summed E-state index contributed by atoms with van der Waals surface area (Å²) in [5, 5.41) is 12.8. The van der Waals surface area contributed by atoms with Crippen LogP contribution in [0.1, 0.15) is 26.3 Å². The standard InChI is InChI=1S/C23H28N4O2/c1-16(2)29-24-15-19-11-13-20(14-12-19)21-9-7-8-10-22(21)25-23(28)17(3)18(4)26-27(5)6/h7-16H,3H2,1-2,4-6H3,(H,25,28)/b24-15-,26-18-. The van der Waals surface area contributed by atoms with Crippen LogP contribution in [0.5, 0.6) is 0 Å². The number of nitrogens with one attached hydrogen (secondary N) is 1. The summed E-state index contributed by atoms with van der Waals surface area (Å²) in [6.45, 7) is 9.47. The molecule has 0 radical (unpaired) electrons. The van der Waals surface area contributed by atoms with Crippen LogP contribution in [0.3, 0.4) is 0 Å². The van der Waals surface area contributed by atoms with Crippen molar-refractivity contribution in [3.05, 3.63) is 66.2 Å². The van der Waals surface area contributed by atoms with E-state index < -0.39 is 0 Å². The lowest BCUT2D eigenvalue weighted by atomic mass is 10.0. The molecule has 29 heavy (non-hydrogen) atoms. The van der Waals surface area contributed by atoms with Gasteiger partial charge >= 0.3 is 0 Å². The summed E-state index contributed by atoms with van der Waals surface area (Å²) in [4.78, 5) is 17.8. The summed E-state index contributed by atoms with van der Waals surface area (Å²) in [5.74, 6) is -0.282. The molecule has 0 aromatic heterocycles. The molecule has 0 atom stereocenters. The van der Waals surface area contributed by atoms with Crippen LogP contribution >= 0.6 is 0 Å². The topological polar surface area (TPSA) is 66.3 Å². The molecule has 0 spiro atoms. The molecule has 0 aliphatic rings. The van der Waals surface area contributed by atoms with E-state index in [0.29, 0.717) is 17.0 Å². The number of nitrogens with zero attached hydrogens (tertiary/aromatic N) is 3. The van der Waals surface area contributed by atoms with Gasteiger partial charge in [-0.05, 0) is 38.0 Å². The van der Waals surface area contributed by atoms with Crippen LogP contribution in [0.25, 0.3) is 11.1 Å². The van der Waals surface area contributed by atoms with Crippen molar-refractivity contribution < 1.29 is 9.63 Å². The zero-order valence-electron chi connectivity index (χ0n) is 17.6. The Morgan fingerprint density at radius 2 is 1.79 bits per heavy atom. The Bertz CT molecular complexity index is 913. The summed E-state index contributed by atoms with van der Waals surface area (Å²) >= 11 is 0. The van der Waals surface area contributed by atoms with Gasteiger partial charge in [0.15, 0.2) is 0 Å². The van der Waals surface area contributed by atoms with E-state index in [1.165, 1.54) is 0 Å². The third-order valence-electron chi connectivity index (χ3n) is 3.93. The van der Waals surface area contributed by atoms with Crippen molar-refractivity contribution in [3.63, 3.8) is 0 Å². The molecule has 0 bridgehead atoms. The Hall–Kier alpha value is -3.41. The lowest BCUT2D eigenvalue weighted by Gasteiger charge is -2.13. The molecule has 2 aromatic rings. The highest BCUT2D eigenvalue weighted by molar-refractivity contribution is 6.24. The molecule has 152 valence electrons. The normalized spacial score (nSPS) is 11.6. The van der Waals surface area contributed by atoms with Crippen molar-refractivity contribution in [1.29, 1.82) is 0 Å². The fraction of sp³-hybridized carbons (Fsp3) is 0.261. The maximum Gasteiger partial charge on any atom is 0.256 e. The van der Waals surface area contributed by atoms with Gasteiger partial charge in [-0.25, -0.2) is 0 Å². The number of carbonyl (C=O) groups excluding carboxylic acids is 1. The van der Waals surface area contributed by atoms with E-state index >= 15 is 0 Å². The number of rotatable bonds is 8. The highest BCUT2D eigenvalue weighted by Gasteiger charge is 2.13. The Kier molecular flexibility index (Phi) is 7.71. The minimum absolute atomic E-state index is 0.0437. The van der Waals surface area contributed by atoms with Crippen LogP contribution in [0.2, 0.25) is 0 Å². The monoisotopic (exact) mass is 392 g/mol. The summed E-state index contributed by atoms with van der Waals surface area (Å²) in [7, 11) is 3.60. The zero-order valence-corrected chi connectivity index (χ0v) is 17.6. The summed E-state index contributed by atoms with van der Waals surface area (Å²) in [5.41, 5.74) is 4.42. The first-order chi connectivity index (χ1) is 13.8. The first-order valence-corrected chi connectivity index (χ1v) is 9.39. The number of para-hydroxylation sites is 1. The van der Waals surface area contributed by atoms with E-state index in [0.717, 1.165) is 16.7 Å². The molecule has 1 N–H and O–H groups in total. The summed E-state index contributed by atoms with van der Waals surface area (Å²) in [6.07, 6.45) is 1.72. The second-order valence-electron chi connectivity index (χ2n) is 7.02. The number of hydrogen-bond donors (Lipinski definition) is 1. The predicted molar refractivity (Wildman–Crippen MR) is 120 cm³/mol. The molecule has 1 amide bonds. The predicted octanol–water partition coefficient (Wildman–Crippen LogP) is 4.54. The van der Waals surface area contributed by atoms with Gasteiger partial charge in [0.2, 0.25) is 0 Å². The van der Waals surface area contributed by atoms with Crippen molar-refractivity contribution >= 4 is 23.5 Å². The first-order valence-electron chi connectivity index (χ1n) is 9.39. The second kappa shape index (κ2) is 10.2. The molecule has 6 nitrogen and oxygen atoms in total. The van der Waals surface area contributed by atoms with Crippen molar-refractivity contribution in [2.75, 3.05) is 19.4 Å². The van der Waals surface area contributed by atoms with Gasteiger partial charge in [-0.15, -0.1) is 0 Å². The van der Waals surface area contributed by atoms with Crippen molar-refractivity contribution in [3.8, 4) is 11.1 Å². The van der Waals surface area contributed by atoms with Gasteiger partial charge in [-0.3, -0.25) is 4.79 Å². The SMILES string of the molecule is C=C(C(=O)Nc1ccccc1-c1ccc(/C=N\OC(C)C)cc1)/C(C)=N\N(C)C. The van der Waals surface area contributed by atoms with Crippen molar-refractivity contribution in [1.82, 2.24) is 5.01 Å². The smallest absolute Gasteiger partial charge is 0.256 e. The summed E-state index contributed by atoms with van der Waals surface area (Å²) < 4.78 is 0.